The largest absolute Gasteiger partial charge is 0.394 e. The van der Waals surface area contributed by atoms with E-state index in [2.05, 4.69) is 36.0 Å². The Morgan fingerprint density at radius 2 is 1.78 bits per heavy atom. The minimum Gasteiger partial charge on any atom is -0.394 e. The van der Waals surface area contributed by atoms with E-state index < -0.39 is 35.6 Å². The summed E-state index contributed by atoms with van der Waals surface area (Å²) in [5, 5.41) is 10.4. The van der Waals surface area contributed by atoms with Crippen molar-refractivity contribution >= 4 is 33.7 Å². The molecule has 9 heteroatoms. The van der Waals surface area contributed by atoms with Crippen molar-refractivity contribution in [1.29, 1.82) is 0 Å². The third-order valence-corrected chi connectivity index (χ3v) is 9.00. The van der Waals surface area contributed by atoms with Crippen molar-refractivity contribution in [3.8, 4) is 0 Å². The van der Waals surface area contributed by atoms with Gasteiger partial charge >= 0.3 is 0 Å². The van der Waals surface area contributed by atoms with E-state index >= 15 is 0 Å². The van der Waals surface area contributed by atoms with E-state index in [1.54, 1.807) is 26.9 Å². The molecule has 8 nitrogen and oxygen atoms in total. The van der Waals surface area contributed by atoms with Crippen LogP contribution in [0.4, 0.5) is 0 Å². The first-order valence-corrected chi connectivity index (χ1v) is 14.6. The highest BCUT2D eigenvalue weighted by atomic mass is 79.9. The van der Waals surface area contributed by atoms with Crippen LogP contribution in [0.15, 0.2) is 25.3 Å². The monoisotopic (exact) mass is 581 g/mol. The quantitative estimate of drug-likeness (QED) is 0.251. The molecule has 37 heavy (non-hydrogen) atoms. The molecule has 0 aliphatic carbocycles. The summed E-state index contributed by atoms with van der Waals surface area (Å²) in [6.45, 7) is 17.1. The average molecular weight is 583 g/mol. The summed E-state index contributed by atoms with van der Waals surface area (Å²) in [6, 6.07) is -1.48. The SMILES string of the molecule is C=CCN(CCCC)C(=O)C1N([C@@H](CO)C(C)C)C(=O)[C@@H]2[C@H](C(=O)N(CC=C)CCC)[C@H]3OC12CC3Br. The molecule has 208 valence electrons. The number of aliphatic hydroxyl groups excluding tert-OH is 1. The topological polar surface area (TPSA) is 90.4 Å². The van der Waals surface area contributed by atoms with Crippen molar-refractivity contribution in [2.75, 3.05) is 32.8 Å². The van der Waals surface area contributed by atoms with Gasteiger partial charge < -0.3 is 24.5 Å². The van der Waals surface area contributed by atoms with Gasteiger partial charge in [-0.2, -0.15) is 0 Å². The molecule has 2 bridgehead atoms. The van der Waals surface area contributed by atoms with Gasteiger partial charge in [-0.25, -0.2) is 0 Å². The molecule has 0 aromatic carbocycles. The molecule has 3 heterocycles. The highest BCUT2D eigenvalue weighted by molar-refractivity contribution is 9.09. The summed E-state index contributed by atoms with van der Waals surface area (Å²) in [5.74, 6) is -2.17. The highest BCUT2D eigenvalue weighted by Gasteiger charge is 2.77. The van der Waals surface area contributed by atoms with Crippen LogP contribution in [-0.4, -0.2) is 98.9 Å². The molecule has 3 rings (SSSR count). The maximum atomic E-state index is 14.3. The lowest BCUT2D eigenvalue weighted by Gasteiger charge is -2.40. The number of alkyl halides is 1. The van der Waals surface area contributed by atoms with Gasteiger partial charge in [-0.15, -0.1) is 13.2 Å². The fourth-order valence-corrected chi connectivity index (χ4v) is 7.45. The van der Waals surface area contributed by atoms with Gasteiger partial charge in [0.05, 0.1) is 30.6 Å². The maximum Gasteiger partial charge on any atom is 0.248 e. The Labute approximate surface area is 230 Å². The van der Waals surface area contributed by atoms with E-state index in [-0.39, 0.29) is 35.1 Å². The minimum absolute atomic E-state index is 0.0913. The van der Waals surface area contributed by atoms with E-state index in [0.717, 1.165) is 19.3 Å². The fraction of sp³-hybridized carbons (Fsp3) is 0.750. The number of rotatable bonds is 14. The van der Waals surface area contributed by atoms with Crippen LogP contribution >= 0.6 is 15.9 Å². The molecule has 3 unspecified atom stereocenters. The van der Waals surface area contributed by atoms with Crippen molar-refractivity contribution in [1.82, 2.24) is 14.7 Å². The second kappa shape index (κ2) is 12.4. The first-order chi connectivity index (χ1) is 17.6. The van der Waals surface area contributed by atoms with Gasteiger partial charge in [0.2, 0.25) is 17.7 Å². The number of amides is 3. The van der Waals surface area contributed by atoms with E-state index in [9.17, 15) is 19.5 Å². The molecule has 3 amide bonds. The zero-order valence-corrected chi connectivity index (χ0v) is 24.4. The number of fused-ring (bicyclic) bond motifs is 1. The lowest BCUT2D eigenvalue weighted by molar-refractivity contribution is -0.152. The van der Waals surface area contributed by atoms with Crippen LogP contribution in [0.3, 0.4) is 0 Å². The van der Waals surface area contributed by atoms with Crippen LogP contribution in [0.2, 0.25) is 0 Å². The van der Waals surface area contributed by atoms with Crippen molar-refractivity contribution in [2.45, 2.75) is 82.0 Å². The molecule has 0 aromatic heterocycles. The Bertz CT molecular complexity index is 882. The average Bonchev–Trinajstić information content (AvgIpc) is 3.45. The summed E-state index contributed by atoms with van der Waals surface area (Å²) < 4.78 is 6.64. The molecule has 3 fully saturated rings. The molecule has 1 spiro atoms. The van der Waals surface area contributed by atoms with Crippen LogP contribution in [0.5, 0.6) is 0 Å². The molecule has 3 aliphatic rings. The van der Waals surface area contributed by atoms with Crippen molar-refractivity contribution in [3.05, 3.63) is 25.3 Å². The maximum absolute atomic E-state index is 14.3. The van der Waals surface area contributed by atoms with Crippen LogP contribution in [0.1, 0.15) is 53.4 Å². The first-order valence-electron chi connectivity index (χ1n) is 13.7. The van der Waals surface area contributed by atoms with Crippen LogP contribution in [0, 0.1) is 17.8 Å². The molecule has 7 atom stereocenters. The number of aliphatic hydroxyl groups is 1. The van der Waals surface area contributed by atoms with E-state index in [4.69, 9.17) is 4.74 Å². The highest BCUT2D eigenvalue weighted by Crippen LogP contribution is 2.61. The Kier molecular flexibility index (Phi) is 10.0. The normalized spacial score (nSPS) is 30.9. The van der Waals surface area contributed by atoms with Gasteiger partial charge in [0.15, 0.2) is 0 Å². The Morgan fingerprint density at radius 1 is 1.16 bits per heavy atom. The Balaban J connectivity index is 2.13. The molecule has 0 radical (unpaired) electrons. The predicted molar refractivity (Wildman–Crippen MR) is 147 cm³/mol. The lowest BCUT2D eigenvalue weighted by atomic mass is 9.70. The molecule has 3 saturated heterocycles. The van der Waals surface area contributed by atoms with Gasteiger partial charge in [-0.3, -0.25) is 14.4 Å². The summed E-state index contributed by atoms with van der Waals surface area (Å²) in [7, 11) is 0. The van der Waals surface area contributed by atoms with Crippen molar-refractivity contribution < 1.29 is 24.2 Å². The molecular formula is C28H44BrN3O5. The molecule has 0 aromatic rings. The third kappa shape index (κ3) is 5.15. The number of carbonyl (C=O) groups is 3. The van der Waals surface area contributed by atoms with Gasteiger partial charge in [0, 0.05) is 31.0 Å². The Morgan fingerprint density at radius 3 is 2.30 bits per heavy atom. The molecule has 1 N–H and O–H groups in total. The van der Waals surface area contributed by atoms with E-state index in [1.165, 1.54) is 0 Å². The standard InChI is InChI=1S/C28H44BrN3O5/c1-7-11-15-31(14-10-4)27(36)24-28-16-19(29)23(37-28)21(25(34)30(12-8-2)13-9-3)22(28)26(35)32(24)20(17-33)18(5)6/h8,10,18-24,33H,2,4,7,9,11-17H2,1,3,5-6H3/t19?,20-,21-,22-,23-,24?,28?/m0/s1. The molecule has 3 aliphatic heterocycles. The predicted octanol–water partition coefficient (Wildman–Crippen LogP) is 2.99. The number of hydrogen-bond donors (Lipinski definition) is 1. The van der Waals surface area contributed by atoms with Gasteiger partial charge in [-0.05, 0) is 25.2 Å². The van der Waals surface area contributed by atoms with Crippen LogP contribution < -0.4 is 0 Å². The lowest BCUT2D eigenvalue weighted by Crippen LogP contribution is -2.60. The number of nitrogens with zero attached hydrogens (tertiary/aromatic N) is 3. The fourth-order valence-electron chi connectivity index (χ4n) is 6.50. The van der Waals surface area contributed by atoms with Crippen LogP contribution in [-0.2, 0) is 19.1 Å². The van der Waals surface area contributed by atoms with Crippen molar-refractivity contribution in [2.24, 2.45) is 17.8 Å². The smallest absolute Gasteiger partial charge is 0.248 e. The zero-order chi connectivity index (χ0) is 27.5. The van der Waals surface area contributed by atoms with Crippen molar-refractivity contribution in [3.63, 3.8) is 0 Å². The summed E-state index contributed by atoms with van der Waals surface area (Å²) in [6.07, 6.45) is 5.86. The minimum atomic E-state index is -1.13. The second-order valence-corrected chi connectivity index (χ2v) is 12.1. The van der Waals surface area contributed by atoms with Crippen LogP contribution in [0.25, 0.3) is 0 Å². The van der Waals surface area contributed by atoms with Gasteiger partial charge in [0.25, 0.3) is 0 Å². The first kappa shape index (κ1) is 29.8. The second-order valence-electron chi connectivity index (χ2n) is 10.9. The van der Waals surface area contributed by atoms with E-state index in [1.807, 2.05) is 20.8 Å². The van der Waals surface area contributed by atoms with Gasteiger partial charge in [0.1, 0.15) is 11.6 Å². The summed E-state index contributed by atoms with van der Waals surface area (Å²) >= 11 is 3.74. The summed E-state index contributed by atoms with van der Waals surface area (Å²) in [4.78, 5) is 47.4. The molecule has 0 saturated carbocycles. The number of halogens is 1. The number of carbonyl (C=O) groups excluding carboxylic acids is 3. The summed E-state index contributed by atoms with van der Waals surface area (Å²) in [5.41, 5.74) is -1.13. The van der Waals surface area contributed by atoms with E-state index in [0.29, 0.717) is 32.6 Å². The third-order valence-electron chi connectivity index (χ3n) is 8.16. The number of likely N-dealkylation sites (tertiary alicyclic amines) is 1. The van der Waals surface area contributed by atoms with Gasteiger partial charge in [-0.1, -0.05) is 62.2 Å². The zero-order valence-electron chi connectivity index (χ0n) is 22.8. The Hall–Kier alpha value is -1.71. The molecular weight excluding hydrogens is 538 g/mol. The number of hydrogen-bond acceptors (Lipinski definition) is 5. The number of ether oxygens (including phenoxy) is 1. The number of unbranched alkanes of at least 4 members (excludes halogenated alkanes) is 1.